The van der Waals surface area contributed by atoms with E-state index in [0.29, 0.717) is 23.9 Å². The van der Waals surface area contributed by atoms with Crippen molar-refractivity contribution in [2.75, 3.05) is 5.32 Å². The molecule has 0 aliphatic heterocycles. The molecule has 0 atom stereocenters. The van der Waals surface area contributed by atoms with Gasteiger partial charge in [-0.05, 0) is 55.4 Å². The topological polar surface area (TPSA) is 132 Å². The highest BCUT2D eigenvalue weighted by Gasteiger charge is 2.24. The van der Waals surface area contributed by atoms with E-state index in [1.807, 2.05) is 31.3 Å². The van der Waals surface area contributed by atoms with Crippen molar-refractivity contribution in [2.24, 2.45) is 0 Å². The third-order valence-corrected chi connectivity index (χ3v) is 7.02. The number of benzene rings is 1. The molecule has 1 aromatic carbocycles. The molecule has 9 heteroatoms. The zero-order valence-corrected chi connectivity index (χ0v) is 20.0. The van der Waals surface area contributed by atoms with Crippen molar-refractivity contribution in [3.63, 3.8) is 0 Å². The molecule has 1 aliphatic carbocycles. The summed E-state index contributed by atoms with van der Waals surface area (Å²) in [5.41, 5.74) is 7.08. The average molecular weight is 482 g/mol. The fraction of sp³-hybridized carbons (Fsp3) is 0.296. The van der Waals surface area contributed by atoms with Crippen molar-refractivity contribution in [3.05, 3.63) is 54.6 Å². The number of imidazole rings is 1. The number of aromatic amines is 2. The van der Waals surface area contributed by atoms with E-state index in [1.54, 1.807) is 18.6 Å². The van der Waals surface area contributed by atoms with E-state index in [1.165, 1.54) is 0 Å². The average Bonchev–Trinajstić information content (AvgIpc) is 3.53. The highest BCUT2D eigenvalue weighted by Crippen LogP contribution is 2.37. The van der Waals surface area contributed by atoms with Crippen LogP contribution in [0.15, 0.2) is 49.1 Å². The SMILES string of the molecule is CCC(=O)Nc1cncc(-c2ccc3[nH]nc(-c4nc5c(C6CCC(O)CC6)cncc5[nH]4)c3c2)c1. The van der Waals surface area contributed by atoms with Crippen molar-refractivity contribution in [2.45, 2.75) is 51.0 Å². The van der Waals surface area contributed by atoms with Gasteiger partial charge in [-0.25, -0.2) is 4.98 Å². The first kappa shape index (κ1) is 22.4. The second-order valence-corrected chi connectivity index (χ2v) is 9.41. The van der Waals surface area contributed by atoms with Gasteiger partial charge >= 0.3 is 0 Å². The van der Waals surface area contributed by atoms with Crippen LogP contribution >= 0.6 is 0 Å². The lowest BCUT2D eigenvalue weighted by Gasteiger charge is -2.25. The number of hydrogen-bond donors (Lipinski definition) is 4. The number of nitrogens with zero attached hydrogens (tertiary/aromatic N) is 4. The molecule has 5 aromatic rings. The molecular weight excluding hydrogens is 454 g/mol. The lowest BCUT2D eigenvalue weighted by Crippen LogP contribution is -2.17. The molecule has 0 spiro atoms. The van der Waals surface area contributed by atoms with E-state index in [4.69, 9.17) is 4.98 Å². The Morgan fingerprint density at radius 1 is 1.03 bits per heavy atom. The van der Waals surface area contributed by atoms with E-state index in [-0.39, 0.29) is 12.0 Å². The minimum absolute atomic E-state index is 0.0512. The van der Waals surface area contributed by atoms with Crippen LogP contribution in [0.1, 0.15) is 50.5 Å². The summed E-state index contributed by atoms with van der Waals surface area (Å²) in [6.07, 6.45) is 10.8. The molecular formula is C27H27N7O2. The molecule has 4 aromatic heterocycles. The van der Waals surface area contributed by atoms with Crippen molar-refractivity contribution in [1.29, 1.82) is 0 Å². The van der Waals surface area contributed by atoms with Gasteiger partial charge in [-0.2, -0.15) is 5.10 Å². The number of hydrogen-bond acceptors (Lipinski definition) is 6. The number of anilines is 1. The Balaban J connectivity index is 1.38. The lowest BCUT2D eigenvalue weighted by atomic mass is 9.83. The second-order valence-electron chi connectivity index (χ2n) is 9.41. The summed E-state index contributed by atoms with van der Waals surface area (Å²) in [4.78, 5) is 28.9. The Hall–Kier alpha value is -4.11. The highest BCUT2D eigenvalue weighted by atomic mass is 16.3. The van der Waals surface area contributed by atoms with E-state index in [2.05, 4.69) is 36.5 Å². The maximum absolute atomic E-state index is 11.8. The first-order valence-electron chi connectivity index (χ1n) is 12.3. The third kappa shape index (κ3) is 4.11. The van der Waals surface area contributed by atoms with Gasteiger partial charge in [-0.15, -0.1) is 0 Å². The number of carbonyl (C=O) groups excluding carboxylic acids is 1. The monoisotopic (exact) mass is 481 g/mol. The molecule has 4 heterocycles. The summed E-state index contributed by atoms with van der Waals surface area (Å²) in [6.45, 7) is 1.82. The second kappa shape index (κ2) is 9.16. The minimum Gasteiger partial charge on any atom is -0.393 e. The summed E-state index contributed by atoms with van der Waals surface area (Å²) < 4.78 is 0. The van der Waals surface area contributed by atoms with Gasteiger partial charge in [0.1, 0.15) is 5.69 Å². The maximum Gasteiger partial charge on any atom is 0.224 e. The summed E-state index contributed by atoms with van der Waals surface area (Å²) in [5, 5.41) is 21.4. The largest absolute Gasteiger partial charge is 0.393 e. The van der Waals surface area contributed by atoms with Gasteiger partial charge in [0.2, 0.25) is 5.91 Å². The van der Waals surface area contributed by atoms with Gasteiger partial charge in [-0.1, -0.05) is 13.0 Å². The number of pyridine rings is 2. The standard InChI is InChI=1S/C27H27N7O2/c1-2-24(36)30-18-9-17(11-28-12-18)16-5-8-22-20(10-16)26(34-33-22)27-31-23-14-29-13-21(25(23)32-27)15-3-6-19(35)7-4-15/h5,8-15,19,35H,2-4,6-7H2,1H3,(H,30,36)(H,31,32)(H,33,34). The summed E-state index contributed by atoms with van der Waals surface area (Å²) >= 11 is 0. The van der Waals surface area contributed by atoms with E-state index in [9.17, 15) is 9.90 Å². The van der Waals surface area contributed by atoms with Crippen molar-refractivity contribution in [1.82, 2.24) is 30.1 Å². The number of H-pyrrole nitrogens is 2. The molecule has 0 saturated heterocycles. The van der Waals surface area contributed by atoms with E-state index in [0.717, 1.165) is 70.0 Å². The fourth-order valence-corrected chi connectivity index (χ4v) is 5.04. The molecule has 1 saturated carbocycles. The fourth-order valence-electron chi connectivity index (χ4n) is 5.04. The van der Waals surface area contributed by atoms with Crippen LogP contribution in [0.4, 0.5) is 5.69 Å². The number of carbonyl (C=O) groups is 1. The molecule has 36 heavy (non-hydrogen) atoms. The van der Waals surface area contributed by atoms with Gasteiger partial charge < -0.3 is 15.4 Å². The predicted molar refractivity (Wildman–Crippen MR) is 138 cm³/mol. The third-order valence-electron chi connectivity index (χ3n) is 7.02. The van der Waals surface area contributed by atoms with Crippen LogP contribution in [0.25, 0.3) is 44.6 Å². The number of rotatable bonds is 5. The Kier molecular flexibility index (Phi) is 5.69. The smallest absolute Gasteiger partial charge is 0.224 e. The Labute approximate surface area is 207 Å². The van der Waals surface area contributed by atoms with E-state index >= 15 is 0 Å². The number of aliphatic hydroxyl groups excluding tert-OH is 1. The number of fused-ring (bicyclic) bond motifs is 2. The first-order valence-corrected chi connectivity index (χ1v) is 12.3. The predicted octanol–water partition coefficient (Wildman–Crippen LogP) is 4.93. The van der Waals surface area contributed by atoms with Crippen LogP contribution in [0, 0.1) is 0 Å². The lowest BCUT2D eigenvalue weighted by molar-refractivity contribution is -0.115. The van der Waals surface area contributed by atoms with Crippen molar-refractivity contribution in [3.8, 4) is 22.6 Å². The summed E-state index contributed by atoms with van der Waals surface area (Å²) in [6, 6.07) is 7.97. The molecule has 0 radical (unpaired) electrons. The minimum atomic E-state index is -0.202. The van der Waals surface area contributed by atoms with Crippen molar-refractivity contribution < 1.29 is 9.90 Å². The van der Waals surface area contributed by atoms with Gasteiger partial charge in [-0.3, -0.25) is 19.9 Å². The summed E-state index contributed by atoms with van der Waals surface area (Å²) in [7, 11) is 0. The van der Waals surface area contributed by atoms with Crippen LogP contribution in [-0.2, 0) is 4.79 Å². The Morgan fingerprint density at radius 3 is 2.69 bits per heavy atom. The van der Waals surface area contributed by atoms with Gasteiger partial charge in [0, 0.05) is 35.3 Å². The Bertz CT molecular complexity index is 1560. The molecule has 0 unspecified atom stereocenters. The van der Waals surface area contributed by atoms with Gasteiger partial charge in [0.05, 0.1) is 40.7 Å². The first-order chi connectivity index (χ1) is 17.6. The molecule has 4 N–H and O–H groups in total. The molecule has 0 bridgehead atoms. The summed E-state index contributed by atoms with van der Waals surface area (Å²) in [5.74, 6) is 0.974. The van der Waals surface area contributed by atoms with E-state index < -0.39 is 0 Å². The van der Waals surface area contributed by atoms with Crippen LogP contribution in [-0.4, -0.2) is 47.3 Å². The molecule has 9 nitrogen and oxygen atoms in total. The zero-order chi connectivity index (χ0) is 24.6. The molecule has 182 valence electrons. The molecule has 1 aliphatic rings. The Morgan fingerprint density at radius 2 is 1.86 bits per heavy atom. The van der Waals surface area contributed by atoms with Crippen LogP contribution in [0.2, 0.25) is 0 Å². The van der Waals surface area contributed by atoms with Crippen molar-refractivity contribution >= 4 is 33.5 Å². The van der Waals surface area contributed by atoms with Crippen LogP contribution in [0.3, 0.4) is 0 Å². The van der Waals surface area contributed by atoms with Gasteiger partial charge in [0.15, 0.2) is 5.82 Å². The quantitative estimate of drug-likeness (QED) is 0.281. The number of aliphatic hydroxyl groups is 1. The van der Waals surface area contributed by atoms with Crippen LogP contribution < -0.4 is 5.32 Å². The number of aromatic nitrogens is 6. The molecule has 1 amide bonds. The molecule has 6 rings (SSSR count). The normalized spacial score (nSPS) is 18.1. The zero-order valence-electron chi connectivity index (χ0n) is 20.0. The van der Waals surface area contributed by atoms with Crippen LogP contribution in [0.5, 0.6) is 0 Å². The maximum atomic E-state index is 11.8. The highest BCUT2D eigenvalue weighted by molar-refractivity contribution is 5.96. The number of nitrogens with one attached hydrogen (secondary N) is 3. The van der Waals surface area contributed by atoms with Gasteiger partial charge in [0.25, 0.3) is 0 Å². The number of amides is 1. The molecule has 1 fully saturated rings.